The molecule has 3 aromatic rings. The zero-order valence-electron chi connectivity index (χ0n) is 16.2. The summed E-state index contributed by atoms with van der Waals surface area (Å²) in [6.45, 7) is 1.44. The van der Waals surface area contributed by atoms with E-state index in [1.807, 2.05) is 23.1 Å². The molecule has 0 atom stereocenters. The Bertz CT molecular complexity index is 1200. The Hall–Kier alpha value is -3.04. The van der Waals surface area contributed by atoms with E-state index in [9.17, 15) is 17.6 Å². The molecule has 156 valence electrons. The number of nitrogens with zero attached hydrogens (tertiary/aromatic N) is 4. The van der Waals surface area contributed by atoms with Crippen LogP contribution in [0.2, 0.25) is 0 Å². The summed E-state index contributed by atoms with van der Waals surface area (Å²) in [6, 6.07) is 17.6. The van der Waals surface area contributed by atoms with Crippen LogP contribution in [-0.2, 0) is 10.0 Å². The molecule has 1 saturated heterocycles. The number of rotatable bonds is 4. The molecule has 0 radical (unpaired) electrons. The minimum Gasteiger partial charge on any atom is -0.354 e. The van der Waals surface area contributed by atoms with Gasteiger partial charge in [-0.25, -0.2) is 12.8 Å². The van der Waals surface area contributed by atoms with Gasteiger partial charge in [-0.2, -0.15) is 8.99 Å². The van der Waals surface area contributed by atoms with E-state index in [0.29, 0.717) is 31.0 Å². The van der Waals surface area contributed by atoms with Gasteiger partial charge in [-0.15, -0.1) is 5.10 Å². The Kier molecular flexibility index (Phi) is 5.65. The third-order valence-corrected chi connectivity index (χ3v) is 6.95. The van der Waals surface area contributed by atoms with E-state index in [-0.39, 0.29) is 23.5 Å². The van der Waals surface area contributed by atoms with Crippen molar-refractivity contribution in [2.75, 3.05) is 31.1 Å². The maximum Gasteiger partial charge on any atom is 0.271 e. The molecule has 2 aromatic carbocycles. The number of hydrogen-bond donors (Lipinski definition) is 0. The van der Waals surface area contributed by atoms with Gasteiger partial charge in [0.25, 0.3) is 5.56 Å². The van der Waals surface area contributed by atoms with E-state index in [4.69, 9.17) is 0 Å². The lowest BCUT2D eigenvalue weighted by Crippen LogP contribution is -2.36. The van der Waals surface area contributed by atoms with Gasteiger partial charge in [0.05, 0.1) is 5.69 Å². The summed E-state index contributed by atoms with van der Waals surface area (Å²) in [7, 11) is -3.92. The van der Waals surface area contributed by atoms with Crippen LogP contribution in [0, 0.1) is 5.82 Å². The Morgan fingerprint density at radius 2 is 1.57 bits per heavy atom. The molecule has 9 heteroatoms. The van der Waals surface area contributed by atoms with Crippen LogP contribution in [0.15, 0.2) is 76.4 Å². The van der Waals surface area contributed by atoms with Gasteiger partial charge in [0.1, 0.15) is 16.5 Å². The normalized spacial score (nSPS) is 15.7. The van der Waals surface area contributed by atoms with Crippen LogP contribution in [-0.4, -0.2) is 48.7 Å². The maximum absolute atomic E-state index is 14.1. The summed E-state index contributed by atoms with van der Waals surface area (Å²) >= 11 is 0. The van der Waals surface area contributed by atoms with Crippen LogP contribution in [0.1, 0.15) is 6.42 Å². The second-order valence-corrected chi connectivity index (χ2v) is 8.86. The van der Waals surface area contributed by atoms with Crippen LogP contribution >= 0.6 is 0 Å². The molecule has 0 bridgehead atoms. The summed E-state index contributed by atoms with van der Waals surface area (Å²) in [6.07, 6.45) is 0.555. The lowest BCUT2D eigenvalue weighted by Gasteiger charge is -2.23. The van der Waals surface area contributed by atoms with Crippen molar-refractivity contribution in [1.29, 1.82) is 0 Å². The third kappa shape index (κ3) is 3.99. The molecule has 1 fully saturated rings. The van der Waals surface area contributed by atoms with Crippen LogP contribution in [0.4, 0.5) is 10.2 Å². The second kappa shape index (κ2) is 8.37. The summed E-state index contributed by atoms with van der Waals surface area (Å²) < 4.78 is 42.5. The molecule has 0 spiro atoms. The standard InChI is InChI=1S/C21H21FN4O3S/c22-18-9-4-5-10-19(18)30(28,29)25-14-6-13-24(15-16-25)20-11-12-21(27)26(23-20)17-7-2-1-3-8-17/h1-5,7-12H,6,13-16H2. The third-order valence-electron chi connectivity index (χ3n) is 5.02. The van der Waals surface area contributed by atoms with Crippen molar-refractivity contribution < 1.29 is 12.8 Å². The number of hydrogen-bond acceptors (Lipinski definition) is 5. The Balaban J connectivity index is 1.57. The van der Waals surface area contributed by atoms with Crippen LogP contribution in [0.5, 0.6) is 0 Å². The molecule has 1 aliphatic heterocycles. The van der Waals surface area contributed by atoms with Crippen molar-refractivity contribution in [2.45, 2.75) is 11.3 Å². The molecule has 0 unspecified atom stereocenters. The maximum atomic E-state index is 14.1. The fourth-order valence-corrected chi connectivity index (χ4v) is 5.02. The number of sulfonamides is 1. The van der Waals surface area contributed by atoms with Gasteiger partial charge < -0.3 is 4.90 Å². The highest BCUT2D eigenvalue weighted by Crippen LogP contribution is 2.21. The molecule has 0 aliphatic carbocycles. The van der Waals surface area contributed by atoms with Gasteiger partial charge in [0.2, 0.25) is 10.0 Å². The average molecular weight is 428 g/mol. The molecular weight excluding hydrogens is 407 g/mol. The van der Waals surface area contributed by atoms with Crippen molar-refractivity contribution in [1.82, 2.24) is 14.1 Å². The molecule has 7 nitrogen and oxygen atoms in total. The Morgan fingerprint density at radius 3 is 2.33 bits per heavy atom. The first-order valence-electron chi connectivity index (χ1n) is 9.62. The topological polar surface area (TPSA) is 75.5 Å². The lowest BCUT2D eigenvalue weighted by molar-refractivity contribution is 0.428. The number of para-hydroxylation sites is 1. The minimum atomic E-state index is -3.92. The summed E-state index contributed by atoms with van der Waals surface area (Å²) in [5.74, 6) is -0.168. The van der Waals surface area contributed by atoms with Crippen molar-refractivity contribution >= 4 is 15.8 Å². The minimum absolute atomic E-state index is 0.197. The predicted molar refractivity (Wildman–Crippen MR) is 112 cm³/mol. The molecule has 0 amide bonds. The van der Waals surface area contributed by atoms with Gasteiger partial charge in [0, 0.05) is 32.2 Å². The van der Waals surface area contributed by atoms with E-state index in [2.05, 4.69) is 5.10 Å². The fourth-order valence-electron chi connectivity index (χ4n) is 3.48. The van der Waals surface area contributed by atoms with Gasteiger partial charge in [-0.1, -0.05) is 30.3 Å². The Labute approximate surface area is 174 Å². The highest BCUT2D eigenvalue weighted by atomic mass is 32.2. The van der Waals surface area contributed by atoms with E-state index in [0.717, 1.165) is 6.07 Å². The number of aromatic nitrogens is 2. The van der Waals surface area contributed by atoms with E-state index >= 15 is 0 Å². The molecule has 1 aromatic heterocycles. The van der Waals surface area contributed by atoms with Gasteiger partial charge >= 0.3 is 0 Å². The monoisotopic (exact) mass is 428 g/mol. The van der Waals surface area contributed by atoms with Crippen molar-refractivity contribution in [3.63, 3.8) is 0 Å². The van der Waals surface area contributed by atoms with Gasteiger partial charge in [-0.3, -0.25) is 4.79 Å². The van der Waals surface area contributed by atoms with Crippen molar-refractivity contribution in [3.05, 3.63) is 82.9 Å². The van der Waals surface area contributed by atoms with Crippen molar-refractivity contribution in [2.24, 2.45) is 0 Å². The SMILES string of the molecule is O=c1ccc(N2CCCN(S(=O)(=O)c3ccccc3F)CC2)nn1-c1ccccc1. The lowest BCUT2D eigenvalue weighted by atomic mass is 10.3. The molecular formula is C21H21FN4O3S. The fraction of sp³-hybridized carbons (Fsp3) is 0.238. The molecule has 4 rings (SSSR count). The summed E-state index contributed by atoms with van der Waals surface area (Å²) in [5, 5.41) is 4.47. The zero-order chi connectivity index (χ0) is 21.1. The van der Waals surface area contributed by atoms with Crippen LogP contribution in [0.3, 0.4) is 0 Å². The highest BCUT2D eigenvalue weighted by molar-refractivity contribution is 7.89. The predicted octanol–water partition coefficient (Wildman–Crippen LogP) is 2.27. The zero-order valence-corrected chi connectivity index (χ0v) is 17.0. The number of halogens is 1. The molecule has 0 N–H and O–H groups in total. The highest BCUT2D eigenvalue weighted by Gasteiger charge is 2.29. The summed E-state index contributed by atoms with van der Waals surface area (Å²) in [5.41, 5.74) is 0.409. The second-order valence-electron chi connectivity index (χ2n) is 6.95. The molecule has 1 aliphatic rings. The van der Waals surface area contributed by atoms with E-state index in [1.165, 1.54) is 33.3 Å². The molecule has 30 heavy (non-hydrogen) atoms. The Morgan fingerprint density at radius 1 is 0.833 bits per heavy atom. The van der Waals surface area contributed by atoms with Crippen molar-refractivity contribution in [3.8, 4) is 5.69 Å². The smallest absolute Gasteiger partial charge is 0.271 e. The number of benzene rings is 2. The van der Waals surface area contributed by atoms with Gasteiger partial charge in [-0.05, 0) is 36.8 Å². The molecule has 0 saturated carbocycles. The van der Waals surface area contributed by atoms with Gasteiger partial charge in [0.15, 0.2) is 0 Å². The number of anilines is 1. The quantitative estimate of drug-likeness (QED) is 0.637. The largest absolute Gasteiger partial charge is 0.354 e. The van der Waals surface area contributed by atoms with E-state index < -0.39 is 15.8 Å². The van der Waals surface area contributed by atoms with E-state index in [1.54, 1.807) is 18.2 Å². The first-order chi connectivity index (χ1) is 14.5. The molecule has 2 heterocycles. The van der Waals surface area contributed by atoms with Crippen LogP contribution < -0.4 is 10.5 Å². The van der Waals surface area contributed by atoms with Crippen LogP contribution in [0.25, 0.3) is 5.69 Å². The average Bonchev–Trinajstić information content (AvgIpc) is 3.02. The first-order valence-corrected chi connectivity index (χ1v) is 11.1. The summed E-state index contributed by atoms with van der Waals surface area (Å²) in [4.78, 5) is 13.9. The first kappa shape index (κ1) is 20.2.